The van der Waals surface area contributed by atoms with Crippen LogP contribution in [-0.2, 0) is 0 Å². The molecule has 6 nitrogen and oxygen atoms in total. The van der Waals surface area contributed by atoms with Crippen LogP contribution in [0, 0.1) is 0 Å². The summed E-state index contributed by atoms with van der Waals surface area (Å²) in [7, 11) is 0. The van der Waals surface area contributed by atoms with Gasteiger partial charge in [-0.25, -0.2) is 4.98 Å². The molecule has 94 valence electrons. The minimum atomic E-state index is -0.294. The highest BCUT2D eigenvalue weighted by Crippen LogP contribution is 2.25. The molecule has 2 rings (SSSR count). The normalized spacial score (nSPS) is 15.2. The molecule has 1 aromatic rings. The Morgan fingerprint density at radius 3 is 3.06 bits per heavy atom. The van der Waals surface area contributed by atoms with Crippen LogP contribution in [0.2, 0.25) is 0 Å². The van der Waals surface area contributed by atoms with Gasteiger partial charge in [0.1, 0.15) is 5.69 Å². The van der Waals surface area contributed by atoms with Gasteiger partial charge in [0.15, 0.2) is 5.82 Å². The van der Waals surface area contributed by atoms with Gasteiger partial charge in [0.05, 0.1) is 6.33 Å². The highest BCUT2D eigenvalue weighted by molar-refractivity contribution is 5.58. The van der Waals surface area contributed by atoms with Gasteiger partial charge in [-0.05, 0) is 19.4 Å². The van der Waals surface area contributed by atoms with E-state index in [2.05, 4.69) is 27.1 Å². The van der Waals surface area contributed by atoms with E-state index in [9.17, 15) is 4.79 Å². The van der Waals surface area contributed by atoms with E-state index in [1.807, 2.05) is 0 Å². The van der Waals surface area contributed by atoms with Crippen molar-refractivity contribution in [2.75, 3.05) is 30.7 Å². The third kappa shape index (κ3) is 2.97. The molecule has 6 heteroatoms. The van der Waals surface area contributed by atoms with Gasteiger partial charge >= 0.3 is 0 Å². The minimum Gasteiger partial charge on any atom is -0.391 e. The van der Waals surface area contributed by atoms with Gasteiger partial charge in [0.2, 0.25) is 0 Å². The van der Waals surface area contributed by atoms with Crippen molar-refractivity contribution in [3.63, 3.8) is 0 Å². The maximum absolute atomic E-state index is 11.2. The quantitative estimate of drug-likeness (QED) is 0.660. The first-order chi connectivity index (χ1) is 8.22. The van der Waals surface area contributed by atoms with Gasteiger partial charge in [0.25, 0.3) is 5.56 Å². The number of rotatable bonds is 6. The van der Waals surface area contributed by atoms with Gasteiger partial charge < -0.3 is 16.0 Å². The van der Waals surface area contributed by atoms with E-state index in [1.54, 1.807) is 0 Å². The van der Waals surface area contributed by atoms with Crippen molar-refractivity contribution >= 4 is 11.5 Å². The fourth-order valence-corrected chi connectivity index (χ4v) is 1.91. The number of likely N-dealkylation sites (N-methyl/N-ethyl adjacent to an activating group) is 1. The third-order valence-corrected chi connectivity index (χ3v) is 3.05. The molecule has 1 fully saturated rings. The molecule has 0 aliphatic heterocycles. The summed E-state index contributed by atoms with van der Waals surface area (Å²) in [4.78, 5) is 20.1. The number of nitrogens with one attached hydrogen (secondary N) is 2. The summed E-state index contributed by atoms with van der Waals surface area (Å²) in [5.74, 6) is 0.473. The number of aromatic amines is 1. The zero-order chi connectivity index (χ0) is 12.3. The van der Waals surface area contributed by atoms with E-state index < -0.39 is 0 Å². The summed E-state index contributed by atoms with van der Waals surface area (Å²) in [6.45, 7) is 4.93. The standard InChI is InChI=1S/C11H19N5O/c1-2-16(8-3-4-8)6-5-13-10-9(12)11(17)15-7-14-10/h7-8H,2-6,12H2,1H3,(H2,13,14,15,17). The molecule has 0 saturated heterocycles. The summed E-state index contributed by atoms with van der Waals surface area (Å²) < 4.78 is 0. The molecule has 1 heterocycles. The van der Waals surface area contributed by atoms with Crippen LogP contribution in [-0.4, -0.2) is 40.5 Å². The van der Waals surface area contributed by atoms with Gasteiger partial charge in [-0.15, -0.1) is 0 Å². The van der Waals surface area contributed by atoms with E-state index >= 15 is 0 Å². The largest absolute Gasteiger partial charge is 0.391 e. The van der Waals surface area contributed by atoms with Gasteiger partial charge in [-0.3, -0.25) is 9.69 Å². The Kier molecular flexibility index (Phi) is 3.63. The lowest BCUT2D eigenvalue weighted by Crippen LogP contribution is -2.31. The summed E-state index contributed by atoms with van der Waals surface area (Å²) in [6.07, 6.45) is 3.97. The van der Waals surface area contributed by atoms with Crippen LogP contribution < -0.4 is 16.6 Å². The zero-order valence-electron chi connectivity index (χ0n) is 10.1. The lowest BCUT2D eigenvalue weighted by molar-refractivity contribution is 0.289. The first-order valence-corrected chi connectivity index (χ1v) is 6.03. The first-order valence-electron chi connectivity index (χ1n) is 6.03. The fourth-order valence-electron chi connectivity index (χ4n) is 1.91. The Bertz CT molecular complexity index is 426. The number of nitrogens with two attached hydrogens (primary N) is 1. The Morgan fingerprint density at radius 1 is 1.65 bits per heavy atom. The second-order valence-corrected chi connectivity index (χ2v) is 4.28. The average molecular weight is 237 g/mol. The van der Waals surface area contributed by atoms with Crippen LogP contribution in [0.5, 0.6) is 0 Å². The maximum Gasteiger partial charge on any atom is 0.276 e. The molecule has 1 aliphatic rings. The molecule has 1 aromatic heterocycles. The molecule has 0 atom stereocenters. The first kappa shape index (κ1) is 11.9. The summed E-state index contributed by atoms with van der Waals surface area (Å²) in [6, 6.07) is 0.756. The maximum atomic E-state index is 11.2. The van der Waals surface area contributed by atoms with Crippen LogP contribution in [0.4, 0.5) is 11.5 Å². The number of aromatic nitrogens is 2. The lowest BCUT2D eigenvalue weighted by atomic mass is 10.4. The molecular formula is C11H19N5O. The molecular weight excluding hydrogens is 218 g/mol. The topological polar surface area (TPSA) is 87.0 Å². The van der Waals surface area contributed by atoms with E-state index in [1.165, 1.54) is 19.2 Å². The van der Waals surface area contributed by atoms with Crippen molar-refractivity contribution in [2.24, 2.45) is 0 Å². The highest BCUT2D eigenvalue weighted by Gasteiger charge is 2.27. The minimum absolute atomic E-state index is 0.155. The SMILES string of the molecule is CCN(CCNc1nc[nH]c(=O)c1N)C1CC1. The van der Waals surface area contributed by atoms with Crippen LogP contribution in [0.3, 0.4) is 0 Å². The third-order valence-electron chi connectivity index (χ3n) is 3.05. The molecule has 17 heavy (non-hydrogen) atoms. The predicted octanol–water partition coefficient (Wildman–Crippen LogP) is 0.248. The zero-order valence-corrected chi connectivity index (χ0v) is 10.1. The van der Waals surface area contributed by atoms with Crippen molar-refractivity contribution < 1.29 is 0 Å². The summed E-state index contributed by atoms with van der Waals surface area (Å²) in [5.41, 5.74) is 5.48. The molecule has 1 saturated carbocycles. The Balaban J connectivity index is 1.85. The number of anilines is 2. The second-order valence-electron chi connectivity index (χ2n) is 4.28. The predicted molar refractivity (Wildman–Crippen MR) is 68.0 cm³/mol. The van der Waals surface area contributed by atoms with E-state index in [-0.39, 0.29) is 11.2 Å². The van der Waals surface area contributed by atoms with E-state index in [4.69, 9.17) is 5.73 Å². The summed E-state index contributed by atoms with van der Waals surface area (Å²) >= 11 is 0. The van der Waals surface area contributed by atoms with E-state index in [0.29, 0.717) is 5.82 Å². The fraction of sp³-hybridized carbons (Fsp3) is 0.636. The van der Waals surface area contributed by atoms with Gasteiger partial charge in [-0.2, -0.15) is 0 Å². The number of H-pyrrole nitrogens is 1. The average Bonchev–Trinajstić information content (AvgIpc) is 3.14. The monoisotopic (exact) mass is 237 g/mol. The van der Waals surface area contributed by atoms with Crippen molar-refractivity contribution in [3.8, 4) is 0 Å². The number of nitrogens with zero attached hydrogens (tertiary/aromatic N) is 2. The second kappa shape index (κ2) is 5.18. The van der Waals surface area contributed by atoms with Crippen molar-refractivity contribution in [2.45, 2.75) is 25.8 Å². The highest BCUT2D eigenvalue weighted by atomic mass is 16.1. The van der Waals surface area contributed by atoms with Crippen LogP contribution in [0.25, 0.3) is 0 Å². The van der Waals surface area contributed by atoms with Crippen LogP contribution in [0.15, 0.2) is 11.1 Å². The number of nitrogen functional groups attached to an aromatic ring is 1. The molecule has 0 radical (unpaired) electrons. The number of hydrogen-bond donors (Lipinski definition) is 3. The summed E-state index contributed by atoms with van der Waals surface area (Å²) in [5, 5.41) is 3.10. The van der Waals surface area contributed by atoms with Crippen molar-refractivity contribution in [3.05, 3.63) is 16.7 Å². The molecule has 0 amide bonds. The smallest absolute Gasteiger partial charge is 0.276 e. The molecule has 1 aliphatic carbocycles. The molecule has 4 N–H and O–H groups in total. The van der Waals surface area contributed by atoms with E-state index in [0.717, 1.165) is 25.7 Å². The van der Waals surface area contributed by atoms with Gasteiger partial charge in [0, 0.05) is 19.1 Å². The molecule has 0 spiro atoms. The Morgan fingerprint density at radius 2 is 2.41 bits per heavy atom. The molecule has 0 unspecified atom stereocenters. The Labute approximate surface area is 100 Å². The van der Waals surface area contributed by atoms with Crippen LogP contribution >= 0.6 is 0 Å². The van der Waals surface area contributed by atoms with Crippen LogP contribution in [0.1, 0.15) is 19.8 Å². The Hall–Kier alpha value is -1.56. The van der Waals surface area contributed by atoms with Crippen molar-refractivity contribution in [1.29, 1.82) is 0 Å². The molecule has 0 aromatic carbocycles. The molecule has 0 bridgehead atoms. The van der Waals surface area contributed by atoms with Crippen molar-refractivity contribution in [1.82, 2.24) is 14.9 Å². The lowest BCUT2D eigenvalue weighted by Gasteiger charge is -2.20. The number of hydrogen-bond acceptors (Lipinski definition) is 5. The van der Waals surface area contributed by atoms with Gasteiger partial charge in [-0.1, -0.05) is 6.92 Å².